The molecule has 112 valence electrons. The summed E-state index contributed by atoms with van der Waals surface area (Å²) in [5.74, 6) is -2.08. The van der Waals surface area contributed by atoms with Gasteiger partial charge >= 0.3 is 5.97 Å². The van der Waals surface area contributed by atoms with E-state index in [2.05, 4.69) is 15.9 Å². The maximum atomic E-state index is 12.5. The monoisotopic (exact) mass is 351 g/mol. The molecule has 0 aliphatic heterocycles. The van der Waals surface area contributed by atoms with Crippen LogP contribution in [0.4, 0.5) is 0 Å². The fourth-order valence-corrected chi connectivity index (χ4v) is 2.85. The van der Waals surface area contributed by atoms with Crippen LogP contribution in [0.2, 0.25) is 0 Å². The number of halogens is 1. The number of hydrogen-bond donors (Lipinski definition) is 1. The lowest BCUT2D eigenvalue weighted by atomic mass is 9.82. The molecule has 0 unspecified atom stereocenters. The van der Waals surface area contributed by atoms with E-state index in [-0.39, 0.29) is 5.91 Å². The maximum absolute atomic E-state index is 12.5. The molecule has 1 aliphatic carbocycles. The van der Waals surface area contributed by atoms with Crippen molar-refractivity contribution < 1.29 is 14.7 Å². The lowest BCUT2D eigenvalue weighted by Gasteiger charge is -2.28. The van der Waals surface area contributed by atoms with E-state index in [4.69, 9.17) is 0 Å². The van der Waals surface area contributed by atoms with Gasteiger partial charge in [-0.05, 0) is 30.5 Å². The Balaban J connectivity index is 2.05. The highest BCUT2D eigenvalue weighted by Gasteiger charge is 2.35. The van der Waals surface area contributed by atoms with Crippen molar-refractivity contribution in [2.24, 2.45) is 11.8 Å². The zero-order valence-corrected chi connectivity index (χ0v) is 13.4. The number of nitrogens with zero attached hydrogens (tertiary/aromatic N) is 1. The van der Waals surface area contributed by atoms with Gasteiger partial charge in [0, 0.05) is 18.1 Å². The van der Waals surface area contributed by atoms with Crippen molar-refractivity contribution in [2.45, 2.75) is 19.4 Å². The lowest BCUT2D eigenvalue weighted by Crippen LogP contribution is -2.39. The number of amides is 1. The second-order valence-electron chi connectivity index (χ2n) is 5.31. The number of hydrogen-bond acceptors (Lipinski definition) is 2. The van der Waals surface area contributed by atoms with Crippen molar-refractivity contribution in [3.8, 4) is 0 Å². The Labute approximate surface area is 132 Å². The van der Waals surface area contributed by atoms with E-state index in [1.807, 2.05) is 36.4 Å². The van der Waals surface area contributed by atoms with Crippen LogP contribution in [0.1, 0.15) is 18.4 Å². The molecule has 1 aromatic carbocycles. The summed E-state index contributed by atoms with van der Waals surface area (Å²) < 4.78 is 0.989. The Morgan fingerprint density at radius 3 is 2.33 bits per heavy atom. The quantitative estimate of drug-likeness (QED) is 0.848. The third-order valence-electron chi connectivity index (χ3n) is 3.78. The van der Waals surface area contributed by atoms with Crippen molar-refractivity contribution in [3.63, 3.8) is 0 Å². The molecule has 0 fully saturated rings. The molecule has 4 nitrogen and oxygen atoms in total. The number of allylic oxidation sites excluding steroid dienone is 2. The topological polar surface area (TPSA) is 57.6 Å². The van der Waals surface area contributed by atoms with Crippen LogP contribution in [-0.4, -0.2) is 28.9 Å². The summed E-state index contributed by atoms with van der Waals surface area (Å²) in [6, 6.07) is 7.75. The maximum Gasteiger partial charge on any atom is 0.307 e. The van der Waals surface area contributed by atoms with Gasteiger partial charge in [-0.1, -0.05) is 40.2 Å². The summed E-state index contributed by atoms with van der Waals surface area (Å²) in [5.41, 5.74) is 1.02. The van der Waals surface area contributed by atoms with Gasteiger partial charge in [-0.3, -0.25) is 9.59 Å². The van der Waals surface area contributed by atoms with Crippen molar-refractivity contribution in [1.29, 1.82) is 0 Å². The van der Waals surface area contributed by atoms with Gasteiger partial charge in [-0.15, -0.1) is 0 Å². The normalized spacial score (nSPS) is 21.0. The third-order valence-corrected chi connectivity index (χ3v) is 4.30. The number of aliphatic carboxylic acids is 1. The molecule has 0 aromatic heterocycles. The molecule has 1 N–H and O–H groups in total. The smallest absolute Gasteiger partial charge is 0.307 e. The van der Waals surface area contributed by atoms with Gasteiger partial charge in [0.25, 0.3) is 0 Å². The first-order valence-corrected chi connectivity index (χ1v) is 7.65. The first-order chi connectivity index (χ1) is 9.99. The van der Waals surface area contributed by atoms with Gasteiger partial charge in [-0.25, -0.2) is 0 Å². The van der Waals surface area contributed by atoms with Gasteiger partial charge in [-0.2, -0.15) is 0 Å². The Bertz CT molecular complexity index is 553. The number of benzene rings is 1. The molecule has 1 aromatic rings. The summed E-state index contributed by atoms with van der Waals surface area (Å²) in [4.78, 5) is 25.4. The number of rotatable bonds is 4. The SMILES string of the molecule is CN(Cc1ccc(Br)cc1)C(=O)[C@@H]1CC=CC[C@@H]1C(=O)O. The van der Waals surface area contributed by atoms with E-state index in [9.17, 15) is 14.7 Å². The summed E-state index contributed by atoms with van der Waals surface area (Å²) in [6.07, 6.45) is 4.67. The van der Waals surface area contributed by atoms with E-state index < -0.39 is 17.8 Å². The van der Waals surface area contributed by atoms with Gasteiger partial charge in [0.1, 0.15) is 0 Å². The molecule has 0 radical (unpaired) electrons. The predicted octanol–water partition coefficient (Wildman–Crippen LogP) is 3.07. The molecule has 0 saturated heterocycles. The average Bonchev–Trinajstić information content (AvgIpc) is 2.48. The summed E-state index contributed by atoms with van der Waals surface area (Å²) >= 11 is 3.37. The van der Waals surface area contributed by atoms with E-state index in [1.54, 1.807) is 11.9 Å². The van der Waals surface area contributed by atoms with Crippen molar-refractivity contribution >= 4 is 27.8 Å². The van der Waals surface area contributed by atoms with E-state index in [0.717, 1.165) is 10.0 Å². The number of carbonyl (C=O) groups excluding carboxylic acids is 1. The zero-order valence-electron chi connectivity index (χ0n) is 11.8. The molecule has 0 heterocycles. The minimum atomic E-state index is -0.894. The molecule has 0 spiro atoms. The summed E-state index contributed by atoms with van der Waals surface area (Å²) in [7, 11) is 1.72. The second kappa shape index (κ2) is 6.89. The Kier molecular flexibility index (Phi) is 5.17. The molecule has 21 heavy (non-hydrogen) atoms. The van der Waals surface area contributed by atoms with Crippen molar-refractivity contribution in [1.82, 2.24) is 4.90 Å². The van der Waals surface area contributed by atoms with E-state index in [0.29, 0.717) is 19.4 Å². The number of carboxylic acid groups (broad SMARTS) is 1. The first-order valence-electron chi connectivity index (χ1n) is 6.86. The molecule has 0 bridgehead atoms. The second-order valence-corrected chi connectivity index (χ2v) is 6.23. The largest absolute Gasteiger partial charge is 0.481 e. The molecule has 2 atom stereocenters. The molecule has 1 aliphatic rings. The lowest BCUT2D eigenvalue weighted by molar-refractivity contribution is -0.150. The van der Waals surface area contributed by atoms with Crippen LogP contribution in [-0.2, 0) is 16.1 Å². The molecular formula is C16H18BrNO3. The summed E-state index contributed by atoms with van der Waals surface area (Å²) in [5, 5.41) is 9.25. The molecule has 5 heteroatoms. The van der Waals surface area contributed by atoms with Crippen LogP contribution in [0.5, 0.6) is 0 Å². The van der Waals surface area contributed by atoms with Crippen LogP contribution in [0.3, 0.4) is 0 Å². The van der Waals surface area contributed by atoms with E-state index >= 15 is 0 Å². The fraction of sp³-hybridized carbons (Fsp3) is 0.375. The standard InChI is InChI=1S/C16H18BrNO3/c1-18(10-11-6-8-12(17)9-7-11)15(19)13-4-2-3-5-14(13)16(20)21/h2-3,6-9,13-14H,4-5,10H2,1H3,(H,20,21)/t13-,14+/m1/s1. The highest BCUT2D eigenvalue weighted by Crippen LogP contribution is 2.28. The van der Waals surface area contributed by atoms with Crippen LogP contribution in [0, 0.1) is 11.8 Å². The minimum absolute atomic E-state index is 0.102. The van der Waals surface area contributed by atoms with Crippen LogP contribution in [0.25, 0.3) is 0 Å². The van der Waals surface area contributed by atoms with Crippen LogP contribution in [0.15, 0.2) is 40.9 Å². The van der Waals surface area contributed by atoms with Gasteiger partial charge in [0.05, 0.1) is 11.8 Å². The number of carbonyl (C=O) groups is 2. The zero-order chi connectivity index (χ0) is 15.4. The van der Waals surface area contributed by atoms with E-state index in [1.165, 1.54) is 0 Å². The first kappa shape index (κ1) is 15.8. The molecular weight excluding hydrogens is 334 g/mol. The van der Waals surface area contributed by atoms with Crippen molar-refractivity contribution in [2.75, 3.05) is 7.05 Å². The van der Waals surface area contributed by atoms with Crippen LogP contribution >= 0.6 is 15.9 Å². The predicted molar refractivity (Wildman–Crippen MR) is 83.6 cm³/mol. The minimum Gasteiger partial charge on any atom is -0.481 e. The Hall–Kier alpha value is -1.62. The van der Waals surface area contributed by atoms with Gasteiger partial charge in [0.15, 0.2) is 0 Å². The average molecular weight is 352 g/mol. The van der Waals surface area contributed by atoms with Gasteiger partial charge in [0.2, 0.25) is 5.91 Å². The fourth-order valence-electron chi connectivity index (χ4n) is 2.58. The summed E-state index contributed by atoms with van der Waals surface area (Å²) in [6.45, 7) is 0.485. The van der Waals surface area contributed by atoms with Crippen LogP contribution < -0.4 is 0 Å². The van der Waals surface area contributed by atoms with Gasteiger partial charge < -0.3 is 10.0 Å². The Morgan fingerprint density at radius 2 is 1.76 bits per heavy atom. The third kappa shape index (κ3) is 3.94. The number of carboxylic acids is 1. The van der Waals surface area contributed by atoms with Crippen molar-refractivity contribution in [3.05, 3.63) is 46.5 Å². The highest BCUT2D eigenvalue weighted by atomic mass is 79.9. The molecule has 0 saturated carbocycles. The molecule has 2 rings (SSSR count). The highest BCUT2D eigenvalue weighted by molar-refractivity contribution is 9.10. The molecule has 1 amide bonds. The Morgan fingerprint density at radius 1 is 1.19 bits per heavy atom.